The summed E-state index contributed by atoms with van der Waals surface area (Å²) in [4.78, 5) is 0. The largest absolute Gasteiger partial charge is 0.416 e. The Balaban J connectivity index is 1.52. The fourth-order valence-corrected chi connectivity index (χ4v) is 4.23. The molecule has 5 nitrogen and oxygen atoms in total. The van der Waals surface area contributed by atoms with Gasteiger partial charge in [0, 0.05) is 17.4 Å². The van der Waals surface area contributed by atoms with Crippen molar-refractivity contribution in [3.05, 3.63) is 65.7 Å². The van der Waals surface area contributed by atoms with E-state index in [2.05, 4.69) is 33.4 Å². The second-order valence-electron chi connectivity index (χ2n) is 7.29. The zero-order valence-electron chi connectivity index (χ0n) is 15.1. The van der Waals surface area contributed by atoms with Gasteiger partial charge in [-0.25, -0.2) is 5.43 Å². The van der Waals surface area contributed by atoms with E-state index in [0.29, 0.717) is 11.6 Å². The third-order valence-electron chi connectivity index (χ3n) is 5.54. The second-order valence-corrected chi connectivity index (χ2v) is 7.29. The van der Waals surface area contributed by atoms with Gasteiger partial charge in [-0.1, -0.05) is 36.4 Å². The molecule has 28 heavy (non-hydrogen) atoms. The van der Waals surface area contributed by atoms with E-state index in [1.807, 2.05) is 18.2 Å². The molecule has 0 amide bonds. The monoisotopic (exact) mass is 389 g/mol. The highest BCUT2D eigenvalue weighted by Gasteiger charge is 2.44. The quantitative estimate of drug-likeness (QED) is 0.479. The first kappa shape index (κ1) is 18.8. The van der Waals surface area contributed by atoms with Crippen molar-refractivity contribution in [2.45, 2.75) is 37.1 Å². The summed E-state index contributed by atoms with van der Waals surface area (Å²) in [6, 6.07) is 15.5. The van der Waals surface area contributed by atoms with E-state index in [-0.39, 0.29) is 18.1 Å². The van der Waals surface area contributed by atoms with E-state index in [4.69, 9.17) is 5.84 Å². The van der Waals surface area contributed by atoms with E-state index >= 15 is 0 Å². The number of benzene rings is 2. The Morgan fingerprint density at radius 2 is 1.82 bits per heavy atom. The molecular weight excluding hydrogens is 367 g/mol. The second kappa shape index (κ2) is 7.44. The third-order valence-corrected chi connectivity index (χ3v) is 5.54. The van der Waals surface area contributed by atoms with Crippen LogP contribution in [0.2, 0.25) is 0 Å². The van der Waals surface area contributed by atoms with Crippen LogP contribution in [0.3, 0.4) is 0 Å². The van der Waals surface area contributed by atoms with Crippen LogP contribution in [0.5, 0.6) is 0 Å². The Morgan fingerprint density at radius 1 is 1.04 bits per heavy atom. The number of fused-ring (bicyclic) bond motifs is 1. The van der Waals surface area contributed by atoms with Crippen molar-refractivity contribution in [1.82, 2.24) is 10.9 Å². The van der Waals surface area contributed by atoms with Crippen molar-refractivity contribution >= 4 is 11.4 Å². The van der Waals surface area contributed by atoms with E-state index in [0.717, 1.165) is 30.7 Å². The van der Waals surface area contributed by atoms with Crippen LogP contribution in [-0.4, -0.2) is 17.9 Å². The topological polar surface area (TPSA) is 74.5 Å². The molecule has 2 aromatic carbocycles. The van der Waals surface area contributed by atoms with Gasteiger partial charge in [-0.15, -0.1) is 0 Å². The minimum Gasteiger partial charge on any atom is -0.368 e. The van der Waals surface area contributed by atoms with Crippen LogP contribution in [0.1, 0.15) is 29.9 Å². The van der Waals surface area contributed by atoms with Crippen LogP contribution in [0.4, 0.5) is 18.9 Å². The van der Waals surface area contributed by atoms with Crippen molar-refractivity contribution in [2.24, 2.45) is 16.9 Å². The molecule has 1 heterocycles. The van der Waals surface area contributed by atoms with Gasteiger partial charge in [0.1, 0.15) is 0 Å². The number of nitrogens with two attached hydrogens (primary N) is 1. The average Bonchev–Trinajstić information content (AvgIpc) is 3.10. The molecule has 0 spiro atoms. The maximum absolute atomic E-state index is 13.0. The van der Waals surface area contributed by atoms with E-state index < -0.39 is 11.7 Å². The number of hydrogen-bond donors (Lipinski definition) is 4. The Kier molecular flexibility index (Phi) is 4.99. The number of hydrogen-bond acceptors (Lipinski definition) is 5. The molecule has 4 atom stereocenters. The summed E-state index contributed by atoms with van der Waals surface area (Å²) in [5.74, 6) is 5.95. The fourth-order valence-electron chi connectivity index (χ4n) is 4.23. The lowest BCUT2D eigenvalue weighted by Gasteiger charge is -2.34. The molecular formula is C20H22F3N5. The van der Waals surface area contributed by atoms with E-state index in [1.54, 1.807) is 6.07 Å². The predicted octanol–water partition coefficient (Wildman–Crippen LogP) is 3.43. The van der Waals surface area contributed by atoms with E-state index in [9.17, 15) is 13.2 Å². The first-order chi connectivity index (χ1) is 13.5. The lowest BCUT2D eigenvalue weighted by atomic mass is 9.74. The Morgan fingerprint density at radius 3 is 2.54 bits per heavy atom. The van der Waals surface area contributed by atoms with Crippen molar-refractivity contribution < 1.29 is 13.2 Å². The van der Waals surface area contributed by atoms with Gasteiger partial charge in [0.15, 0.2) is 0 Å². The molecule has 4 unspecified atom stereocenters. The van der Waals surface area contributed by atoms with Gasteiger partial charge in [0.2, 0.25) is 0 Å². The Hall–Kier alpha value is -2.58. The SMILES string of the molecule is N/N=C1\CC(c2ccccc2)CC2NNC(Nc3cccc(C(F)(F)F)c3)C12. The number of hydrazone groups is 1. The number of nitrogens with one attached hydrogen (secondary N) is 3. The standard InChI is InChI=1S/C20H22F3N5/c21-20(22,23)14-7-4-8-15(11-14)25-19-18-16(26-24)9-13(10-17(18)27-28-19)12-5-2-1-3-6-12/h1-8,11,13,17-19,25,27-28H,9-10,24H2/b26-16+. The van der Waals surface area contributed by atoms with Crippen molar-refractivity contribution in [3.8, 4) is 0 Å². The van der Waals surface area contributed by atoms with Gasteiger partial charge < -0.3 is 11.2 Å². The maximum atomic E-state index is 13.0. The molecule has 1 aliphatic heterocycles. The molecule has 4 rings (SSSR count). The molecule has 2 aliphatic rings. The van der Waals surface area contributed by atoms with Gasteiger partial charge in [-0.3, -0.25) is 5.43 Å². The highest BCUT2D eigenvalue weighted by Crippen LogP contribution is 2.38. The number of hydrazine groups is 1. The number of anilines is 1. The molecule has 0 bridgehead atoms. The van der Waals surface area contributed by atoms with Crippen LogP contribution < -0.4 is 22.0 Å². The molecule has 2 aromatic rings. The van der Waals surface area contributed by atoms with Crippen LogP contribution in [0, 0.1) is 5.92 Å². The summed E-state index contributed by atoms with van der Waals surface area (Å²) in [6.45, 7) is 0. The fraction of sp³-hybridized carbons (Fsp3) is 0.350. The Labute approximate surface area is 161 Å². The molecule has 2 fully saturated rings. The summed E-state index contributed by atoms with van der Waals surface area (Å²) in [6.07, 6.45) is -3.06. The van der Waals surface area contributed by atoms with Crippen LogP contribution in [-0.2, 0) is 6.18 Å². The minimum absolute atomic E-state index is 0.0421. The van der Waals surface area contributed by atoms with Gasteiger partial charge >= 0.3 is 6.18 Å². The molecule has 5 N–H and O–H groups in total. The number of nitrogens with zero attached hydrogens (tertiary/aromatic N) is 1. The highest BCUT2D eigenvalue weighted by atomic mass is 19.4. The molecule has 0 aromatic heterocycles. The van der Waals surface area contributed by atoms with Crippen LogP contribution in [0.25, 0.3) is 0 Å². The smallest absolute Gasteiger partial charge is 0.368 e. The first-order valence-electron chi connectivity index (χ1n) is 9.22. The van der Waals surface area contributed by atoms with Crippen molar-refractivity contribution in [1.29, 1.82) is 0 Å². The lowest BCUT2D eigenvalue weighted by molar-refractivity contribution is -0.137. The number of alkyl halides is 3. The molecule has 148 valence electrons. The van der Waals surface area contributed by atoms with Crippen molar-refractivity contribution in [3.63, 3.8) is 0 Å². The zero-order valence-corrected chi connectivity index (χ0v) is 15.1. The number of rotatable bonds is 3. The van der Waals surface area contributed by atoms with Gasteiger partial charge in [-0.2, -0.15) is 18.3 Å². The van der Waals surface area contributed by atoms with Crippen LogP contribution >= 0.6 is 0 Å². The summed E-state index contributed by atoms with van der Waals surface area (Å²) in [5, 5.41) is 7.19. The van der Waals surface area contributed by atoms with E-state index in [1.165, 1.54) is 11.6 Å². The molecule has 8 heteroatoms. The summed E-state index contributed by atoms with van der Waals surface area (Å²) in [5.41, 5.74) is 8.24. The molecule has 0 radical (unpaired) electrons. The average molecular weight is 389 g/mol. The van der Waals surface area contributed by atoms with Gasteiger partial charge in [0.25, 0.3) is 0 Å². The predicted molar refractivity (Wildman–Crippen MR) is 102 cm³/mol. The van der Waals surface area contributed by atoms with Gasteiger partial charge in [-0.05, 0) is 42.5 Å². The summed E-state index contributed by atoms with van der Waals surface area (Å²) >= 11 is 0. The van der Waals surface area contributed by atoms with Gasteiger partial charge in [0.05, 0.1) is 17.6 Å². The van der Waals surface area contributed by atoms with Crippen molar-refractivity contribution in [2.75, 3.05) is 5.32 Å². The minimum atomic E-state index is -4.38. The van der Waals surface area contributed by atoms with Crippen LogP contribution in [0.15, 0.2) is 59.7 Å². The first-order valence-corrected chi connectivity index (χ1v) is 9.22. The number of halogens is 3. The third kappa shape index (κ3) is 3.70. The molecule has 1 aliphatic carbocycles. The lowest BCUT2D eigenvalue weighted by Crippen LogP contribution is -2.43. The zero-order chi connectivity index (χ0) is 19.7. The maximum Gasteiger partial charge on any atom is 0.416 e. The highest BCUT2D eigenvalue weighted by molar-refractivity contribution is 5.90. The molecule has 1 saturated carbocycles. The normalized spacial score (nSPS) is 28.9. The summed E-state index contributed by atoms with van der Waals surface area (Å²) in [7, 11) is 0. The Bertz CT molecular complexity index is 852. The molecule has 1 saturated heterocycles. The summed E-state index contributed by atoms with van der Waals surface area (Å²) < 4.78 is 38.9.